The molecule has 3 aliphatic heterocycles. The zero-order chi connectivity index (χ0) is 22.2. The number of imide groups is 1. The van der Waals surface area contributed by atoms with E-state index in [1.165, 1.54) is 4.42 Å². The van der Waals surface area contributed by atoms with Crippen molar-refractivity contribution in [1.29, 1.82) is 0 Å². The van der Waals surface area contributed by atoms with Crippen molar-refractivity contribution in [2.45, 2.75) is 37.8 Å². The van der Waals surface area contributed by atoms with Crippen LogP contribution in [-0.4, -0.2) is 70.0 Å². The van der Waals surface area contributed by atoms with Gasteiger partial charge < -0.3 is 14.4 Å². The highest BCUT2D eigenvalue weighted by Crippen LogP contribution is 2.34. The molecule has 0 aliphatic carbocycles. The number of carbonyl (C=O) groups excluding carboxylic acids is 3. The SMILES string of the molecule is CCOC(=O)S1=CC(C)(N(Cl)c2nccc(N3CCC4(CC3)OC(=O)NC4=O)n2)CN1. The van der Waals surface area contributed by atoms with Gasteiger partial charge in [0.1, 0.15) is 5.82 Å². The molecular weight excluding hydrogens is 448 g/mol. The van der Waals surface area contributed by atoms with Gasteiger partial charge >= 0.3 is 11.4 Å². The van der Waals surface area contributed by atoms with Gasteiger partial charge in [0.05, 0.1) is 12.1 Å². The Morgan fingerprint density at radius 2 is 2.16 bits per heavy atom. The summed E-state index contributed by atoms with van der Waals surface area (Å²) in [6.45, 7) is 5.34. The lowest BCUT2D eigenvalue weighted by Crippen LogP contribution is -2.50. The lowest BCUT2D eigenvalue weighted by Gasteiger charge is -2.36. The van der Waals surface area contributed by atoms with Crippen LogP contribution in [0.3, 0.4) is 0 Å². The van der Waals surface area contributed by atoms with Crippen LogP contribution in [0.15, 0.2) is 12.3 Å². The minimum atomic E-state index is -1.09. The third-order valence-corrected chi connectivity index (χ3v) is 7.68. The molecule has 2 N–H and O–H groups in total. The van der Waals surface area contributed by atoms with Gasteiger partial charge in [-0.25, -0.2) is 19.0 Å². The topological polar surface area (TPSA) is 126 Å². The van der Waals surface area contributed by atoms with Gasteiger partial charge in [0.25, 0.3) is 5.91 Å². The second kappa shape index (κ2) is 8.24. The standard InChI is InChI=1S/C18H23ClN6O5S/c1-3-29-16(28)31-11-17(2,10-21-31)25(19)14-20-7-4-12(22-14)24-8-5-18(6-9-24)13(26)23-15(27)30-18/h4,7,11,21H,3,5-6,8-10H2,1-2H3,(H,23,26,27). The average molecular weight is 471 g/mol. The van der Waals surface area contributed by atoms with Crippen LogP contribution >= 0.6 is 22.4 Å². The van der Waals surface area contributed by atoms with Crippen LogP contribution in [0.5, 0.6) is 0 Å². The van der Waals surface area contributed by atoms with Crippen molar-refractivity contribution in [2.75, 3.05) is 35.6 Å². The number of halogens is 1. The minimum Gasteiger partial charge on any atom is -0.457 e. The molecule has 31 heavy (non-hydrogen) atoms. The van der Waals surface area contributed by atoms with Crippen molar-refractivity contribution < 1.29 is 23.9 Å². The molecule has 2 atom stereocenters. The number of nitrogens with zero attached hydrogens (tertiary/aromatic N) is 4. The molecule has 2 amide bonds. The number of ether oxygens (including phenoxy) is 2. The van der Waals surface area contributed by atoms with Crippen molar-refractivity contribution in [3.8, 4) is 0 Å². The van der Waals surface area contributed by atoms with Gasteiger partial charge in [0.2, 0.25) is 5.95 Å². The maximum Gasteiger partial charge on any atom is 0.415 e. The second-order valence-corrected chi connectivity index (χ2v) is 9.51. The molecule has 168 valence electrons. The number of hydrogen-bond acceptors (Lipinski definition) is 10. The van der Waals surface area contributed by atoms with Crippen LogP contribution in [-0.2, 0) is 14.3 Å². The molecule has 1 aromatic rings. The lowest BCUT2D eigenvalue weighted by molar-refractivity contribution is -0.132. The fourth-order valence-electron chi connectivity index (χ4n) is 3.69. The molecule has 0 aromatic carbocycles. The van der Waals surface area contributed by atoms with Crippen LogP contribution in [0.1, 0.15) is 26.7 Å². The Bertz CT molecular complexity index is 953. The van der Waals surface area contributed by atoms with Gasteiger partial charge in [-0.15, -0.1) is 0 Å². The van der Waals surface area contributed by atoms with Gasteiger partial charge in [-0.3, -0.25) is 14.8 Å². The molecule has 1 aromatic heterocycles. The molecule has 11 nitrogen and oxygen atoms in total. The van der Waals surface area contributed by atoms with E-state index in [1.807, 2.05) is 17.2 Å². The number of hydrogen-bond donors (Lipinski definition) is 2. The molecule has 0 bridgehead atoms. The van der Waals surface area contributed by atoms with E-state index in [-0.39, 0.29) is 11.2 Å². The number of carbonyl (C=O) groups is 3. The molecule has 13 heteroatoms. The first-order valence-electron chi connectivity index (χ1n) is 9.84. The highest BCUT2D eigenvalue weighted by Gasteiger charge is 2.50. The van der Waals surface area contributed by atoms with E-state index in [0.29, 0.717) is 50.8 Å². The van der Waals surface area contributed by atoms with E-state index in [2.05, 4.69) is 20.0 Å². The number of piperidine rings is 1. The Morgan fingerprint density at radius 3 is 2.81 bits per heavy atom. The maximum absolute atomic E-state index is 12.1. The van der Waals surface area contributed by atoms with Crippen molar-refractivity contribution in [3.05, 3.63) is 12.3 Å². The van der Waals surface area contributed by atoms with Crippen molar-refractivity contribution in [2.24, 2.45) is 0 Å². The summed E-state index contributed by atoms with van der Waals surface area (Å²) >= 11 is 6.61. The summed E-state index contributed by atoms with van der Waals surface area (Å²) < 4.78 is 14.8. The number of alkyl carbamates (subject to hydrolysis) is 1. The first-order chi connectivity index (χ1) is 14.8. The Labute approximate surface area is 186 Å². The summed E-state index contributed by atoms with van der Waals surface area (Å²) in [5.41, 5.74) is -1.79. The number of nitrogens with one attached hydrogen (secondary N) is 2. The zero-order valence-electron chi connectivity index (χ0n) is 17.1. The van der Waals surface area contributed by atoms with Gasteiger partial charge in [-0.2, -0.15) is 4.98 Å². The average Bonchev–Trinajstić information content (AvgIpc) is 3.29. The van der Waals surface area contributed by atoms with Gasteiger partial charge in [-0.05, 0) is 36.0 Å². The Kier molecular flexibility index (Phi) is 5.79. The fraction of sp³-hybridized carbons (Fsp3) is 0.556. The maximum atomic E-state index is 12.1. The Balaban J connectivity index is 1.47. The number of anilines is 2. The second-order valence-electron chi connectivity index (χ2n) is 7.64. The third kappa shape index (κ3) is 4.06. The summed E-state index contributed by atoms with van der Waals surface area (Å²) in [6, 6.07) is 1.76. The summed E-state index contributed by atoms with van der Waals surface area (Å²) in [7, 11) is -0.864. The molecule has 0 radical (unpaired) electrons. The van der Waals surface area contributed by atoms with Crippen LogP contribution in [0.4, 0.5) is 21.4 Å². The van der Waals surface area contributed by atoms with Crippen LogP contribution in [0.2, 0.25) is 0 Å². The van der Waals surface area contributed by atoms with E-state index in [0.717, 1.165) is 0 Å². The predicted molar refractivity (Wildman–Crippen MR) is 116 cm³/mol. The predicted octanol–water partition coefficient (Wildman–Crippen LogP) is 1.55. The molecule has 1 spiro atoms. The van der Waals surface area contributed by atoms with E-state index < -0.39 is 27.9 Å². The smallest absolute Gasteiger partial charge is 0.415 e. The highest BCUT2D eigenvalue weighted by atomic mass is 35.5. The van der Waals surface area contributed by atoms with Gasteiger partial charge in [-0.1, -0.05) is 0 Å². The molecular formula is C18H23ClN6O5S. The molecule has 2 saturated heterocycles. The number of amides is 2. The molecule has 2 unspecified atom stereocenters. The zero-order valence-corrected chi connectivity index (χ0v) is 18.7. The lowest BCUT2D eigenvalue weighted by atomic mass is 9.91. The van der Waals surface area contributed by atoms with Crippen LogP contribution < -0.4 is 19.4 Å². The van der Waals surface area contributed by atoms with Gasteiger partial charge in [0.15, 0.2) is 5.60 Å². The van der Waals surface area contributed by atoms with Crippen molar-refractivity contribution >= 4 is 56.9 Å². The molecule has 4 rings (SSSR count). The van der Waals surface area contributed by atoms with E-state index in [1.54, 1.807) is 19.2 Å². The van der Waals surface area contributed by atoms with Crippen molar-refractivity contribution in [1.82, 2.24) is 20.0 Å². The molecule has 4 heterocycles. The molecule has 3 aliphatic rings. The van der Waals surface area contributed by atoms with Crippen LogP contribution in [0, 0.1) is 0 Å². The minimum absolute atomic E-state index is 0.291. The molecule has 2 fully saturated rings. The Hall–Kier alpha value is -2.44. The summed E-state index contributed by atoms with van der Waals surface area (Å²) in [5.74, 6) is 0.551. The Morgan fingerprint density at radius 1 is 1.42 bits per heavy atom. The normalized spacial score (nSPS) is 26.9. The van der Waals surface area contributed by atoms with E-state index in [9.17, 15) is 14.4 Å². The van der Waals surface area contributed by atoms with Gasteiger partial charge in [0, 0.05) is 50.4 Å². The third-order valence-electron chi connectivity index (χ3n) is 5.46. The number of aromatic nitrogens is 2. The fourth-order valence-corrected chi connectivity index (χ4v) is 5.62. The molecule has 0 saturated carbocycles. The first kappa shape index (κ1) is 21.8. The van der Waals surface area contributed by atoms with Crippen molar-refractivity contribution in [3.63, 3.8) is 0 Å². The number of rotatable bonds is 4. The highest BCUT2D eigenvalue weighted by molar-refractivity contribution is 8.26. The quantitative estimate of drug-likeness (QED) is 0.380. The largest absolute Gasteiger partial charge is 0.457 e. The van der Waals surface area contributed by atoms with E-state index in [4.69, 9.17) is 21.3 Å². The first-order valence-corrected chi connectivity index (χ1v) is 11.5. The van der Waals surface area contributed by atoms with E-state index >= 15 is 0 Å². The summed E-state index contributed by atoms with van der Waals surface area (Å²) in [4.78, 5) is 46.4. The summed E-state index contributed by atoms with van der Waals surface area (Å²) in [5, 5.41) is 3.68. The monoisotopic (exact) mass is 470 g/mol. The van der Waals surface area contributed by atoms with Crippen LogP contribution in [0.25, 0.3) is 0 Å². The summed E-state index contributed by atoms with van der Waals surface area (Å²) in [6.07, 6.45) is 1.65.